The summed E-state index contributed by atoms with van der Waals surface area (Å²) in [5, 5.41) is 7.10. The van der Waals surface area contributed by atoms with Crippen molar-refractivity contribution in [1.29, 1.82) is 0 Å². The van der Waals surface area contributed by atoms with Gasteiger partial charge in [-0.15, -0.1) is 0 Å². The minimum Gasteiger partial charge on any atom is -0.370 e. The van der Waals surface area contributed by atoms with Gasteiger partial charge in [-0.05, 0) is 42.8 Å². The zero-order chi connectivity index (χ0) is 18.5. The van der Waals surface area contributed by atoms with Gasteiger partial charge in [-0.2, -0.15) is 0 Å². The molecular formula is C21H18Cl2N2O. The number of benzene rings is 3. The molecule has 0 unspecified atom stereocenters. The topological polar surface area (TPSA) is 41.1 Å². The van der Waals surface area contributed by atoms with Crippen LogP contribution in [-0.2, 0) is 4.79 Å². The molecule has 0 heterocycles. The molecule has 1 atom stereocenters. The molecule has 3 rings (SSSR count). The van der Waals surface area contributed by atoms with Crippen molar-refractivity contribution in [3.8, 4) is 0 Å². The monoisotopic (exact) mass is 384 g/mol. The summed E-state index contributed by atoms with van der Waals surface area (Å²) in [4.78, 5) is 12.9. The molecule has 132 valence electrons. The maximum atomic E-state index is 12.9. The van der Waals surface area contributed by atoms with E-state index in [4.69, 9.17) is 23.2 Å². The fourth-order valence-electron chi connectivity index (χ4n) is 2.55. The fraction of sp³-hybridized carbons (Fsp3) is 0.0952. The van der Waals surface area contributed by atoms with Crippen LogP contribution < -0.4 is 10.6 Å². The van der Waals surface area contributed by atoms with Crippen molar-refractivity contribution in [2.24, 2.45) is 0 Å². The highest BCUT2D eigenvalue weighted by Gasteiger charge is 2.21. The number of hydrogen-bond donors (Lipinski definition) is 2. The van der Waals surface area contributed by atoms with Crippen molar-refractivity contribution in [3.05, 3.63) is 94.0 Å². The molecule has 3 nitrogen and oxygen atoms in total. The lowest BCUT2D eigenvalue weighted by atomic mass is 10.1. The third-order valence-corrected chi connectivity index (χ3v) is 4.68. The Hall–Kier alpha value is -2.49. The average molecular weight is 385 g/mol. The van der Waals surface area contributed by atoms with Gasteiger partial charge in [0, 0.05) is 11.4 Å². The largest absolute Gasteiger partial charge is 0.370 e. The predicted molar refractivity (Wildman–Crippen MR) is 109 cm³/mol. The molecule has 3 aromatic rings. The third-order valence-electron chi connectivity index (χ3n) is 3.94. The molecule has 0 aliphatic heterocycles. The van der Waals surface area contributed by atoms with Gasteiger partial charge < -0.3 is 10.6 Å². The van der Waals surface area contributed by atoms with Crippen LogP contribution in [0.2, 0.25) is 10.0 Å². The molecule has 0 radical (unpaired) electrons. The van der Waals surface area contributed by atoms with Gasteiger partial charge in [-0.3, -0.25) is 4.79 Å². The van der Waals surface area contributed by atoms with E-state index in [1.165, 1.54) is 0 Å². The predicted octanol–water partition coefficient (Wildman–Crippen LogP) is 6.09. The van der Waals surface area contributed by atoms with E-state index in [0.29, 0.717) is 15.7 Å². The van der Waals surface area contributed by atoms with Crippen molar-refractivity contribution >= 4 is 40.5 Å². The van der Waals surface area contributed by atoms with Crippen molar-refractivity contribution in [2.45, 2.75) is 13.0 Å². The number of aryl methyl sites for hydroxylation is 1. The minimum absolute atomic E-state index is 0.161. The standard InChI is InChI=1S/C21H18Cl2N2O/c1-14-7-9-16(10-8-14)25-21(26)20(15-5-3-2-4-6-15)24-17-11-12-18(22)19(23)13-17/h2-13,20,24H,1H3,(H,25,26)/t20-/m1/s1. The number of carbonyl (C=O) groups is 1. The second-order valence-corrected chi connectivity index (χ2v) is 6.79. The van der Waals surface area contributed by atoms with Gasteiger partial charge in [-0.1, -0.05) is 71.2 Å². The van der Waals surface area contributed by atoms with E-state index in [9.17, 15) is 4.79 Å². The maximum Gasteiger partial charge on any atom is 0.251 e. The minimum atomic E-state index is -0.574. The summed E-state index contributed by atoms with van der Waals surface area (Å²) < 4.78 is 0. The SMILES string of the molecule is Cc1ccc(NC(=O)[C@H](Nc2ccc(Cl)c(Cl)c2)c2ccccc2)cc1. The number of nitrogens with one attached hydrogen (secondary N) is 2. The molecule has 1 amide bonds. The number of halogens is 2. The first-order chi connectivity index (χ1) is 12.5. The summed E-state index contributed by atoms with van der Waals surface area (Å²) in [5.41, 5.74) is 3.45. The van der Waals surface area contributed by atoms with Crippen LogP contribution in [0, 0.1) is 6.92 Å². The lowest BCUT2D eigenvalue weighted by molar-refractivity contribution is -0.117. The van der Waals surface area contributed by atoms with E-state index in [1.807, 2.05) is 61.5 Å². The molecular weight excluding hydrogens is 367 g/mol. The first-order valence-corrected chi connectivity index (χ1v) is 8.92. The quantitative estimate of drug-likeness (QED) is 0.558. The van der Waals surface area contributed by atoms with Gasteiger partial charge in [0.05, 0.1) is 10.0 Å². The Morgan fingerprint density at radius 3 is 2.15 bits per heavy atom. The molecule has 5 heteroatoms. The first-order valence-electron chi connectivity index (χ1n) is 8.17. The summed E-state index contributed by atoms with van der Waals surface area (Å²) in [7, 11) is 0. The van der Waals surface area contributed by atoms with Crippen LogP contribution in [0.15, 0.2) is 72.8 Å². The van der Waals surface area contributed by atoms with E-state index < -0.39 is 6.04 Å². The lowest BCUT2D eigenvalue weighted by Crippen LogP contribution is -2.27. The van der Waals surface area contributed by atoms with Crippen molar-refractivity contribution in [2.75, 3.05) is 10.6 Å². The molecule has 0 aliphatic carbocycles. The highest BCUT2D eigenvalue weighted by molar-refractivity contribution is 6.42. The number of hydrogen-bond acceptors (Lipinski definition) is 2. The summed E-state index contributed by atoms with van der Waals surface area (Å²) in [6.07, 6.45) is 0. The van der Waals surface area contributed by atoms with E-state index in [-0.39, 0.29) is 5.91 Å². The molecule has 0 aliphatic rings. The zero-order valence-electron chi connectivity index (χ0n) is 14.2. The fourth-order valence-corrected chi connectivity index (χ4v) is 2.85. The molecule has 0 saturated heterocycles. The average Bonchev–Trinajstić information content (AvgIpc) is 2.65. The highest BCUT2D eigenvalue weighted by Crippen LogP contribution is 2.28. The summed E-state index contributed by atoms with van der Waals surface area (Å²) in [6, 6.07) is 21.8. The number of anilines is 2. The maximum absolute atomic E-state index is 12.9. The van der Waals surface area contributed by atoms with E-state index in [0.717, 1.165) is 16.8 Å². The second kappa shape index (κ2) is 8.26. The van der Waals surface area contributed by atoms with Crippen LogP contribution >= 0.6 is 23.2 Å². The number of rotatable bonds is 5. The number of carbonyl (C=O) groups excluding carboxylic acids is 1. The van der Waals surface area contributed by atoms with Crippen molar-refractivity contribution in [3.63, 3.8) is 0 Å². The van der Waals surface area contributed by atoms with Crippen molar-refractivity contribution in [1.82, 2.24) is 0 Å². The third kappa shape index (κ3) is 4.57. The van der Waals surface area contributed by atoms with Gasteiger partial charge in [0.1, 0.15) is 6.04 Å². The van der Waals surface area contributed by atoms with Crippen LogP contribution in [0.3, 0.4) is 0 Å². The van der Waals surface area contributed by atoms with Gasteiger partial charge in [0.25, 0.3) is 5.91 Å². The molecule has 3 aromatic carbocycles. The summed E-state index contributed by atoms with van der Waals surface area (Å²) in [6.45, 7) is 2.00. The smallest absolute Gasteiger partial charge is 0.251 e. The van der Waals surface area contributed by atoms with E-state index in [1.54, 1.807) is 18.2 Å². The van der Waals surface area contributed by atoms with E-state index in [2.05, 4.69) is 10.6 Å². The molecule has 0 saturated carbocycles. The van der Waals surface area contributed by atoms with E-state index >= 15 is 0 Å². The Balaban J connectivity index is 1.86. The molecule has 0 bridgehead atoms. The zero-order valence-corrected chi connectivity index (χ0v) is 15.7. The normalized spacial score (nSPS) is 11.7. The second-order valence-electron chi connectivity index (χ2n) is 5.97. The Kier molecular flexibility index (Phi) is 5.82. The van der Waals surface area contributed by atoms with Crippen LogP contribution in [0.1, 0.15) is 17.2 Å². The molecule has 26 heavy (non-hydrogen) atoms. The van der Waals surface area contributed by atoms with Gasteiger partial charge in [0.2, 0.25) is 0 Å². The number of amides is 1. The van der Waals surface area contributed by atoms with Gasteiger partial charge in [0.15, 0.2) is 0 Å². The molecule has 2 N–H and O–H groups in total. The Morgan fingerprint density at radius 2 is 1.50 bits per heavy atom. The first kappa shape index (κ1) is 18.3. The van der Waals surface area contributed by atoms with Crippen LogP contribution in [0.4, 0.5) is 11.4 Å². The highest BCUT2D eigenvalue weighted by atomic mass is 35.5. The Bertz CT molecular complexity index is 896. The molecule has 0 spiro atoms. The Labute approximate surface area is 163 Å². The summed E-state index contributed by atoms with van der Waals surface area (Å²) in [5.74, 6) is -0.161. The van der Waals surface area contributed by atoms with Gasteiger partial charge >= 0.3 is 0 Å². The van der Waals surface area contributed by atoms with Crippen molar-refractivity contribution < 1.29 is 4.79 Å². The van der Waals surface area contributed by atoms with Crippen LogP contribution in [0.25, 0.3) is 0 Å². The summed E-state index contributed by atoms with van der Waals surface area (Å²) >= 11 is 12.1. The lowest BCUT2D eigenvalue weighted by Gasteiger charge is -2.20. The Morgan fingerprint density at radius 1 is 0.846 bits per heavy atom. The van der Waals surface area contributed by atoms with Crippen LogP contribution in [0.5, 0.6) is 0 Å². The molecule has 0 aromatic heterocycles. The molecule has 0 fully saturated rings. The van der Waals surface area contributed by atoms with Gasteiger partial charge in [-0.25, -0.2) is 0 Å². The van der Waals surface area contributed by atoms with Crippen LogP contribution in [-0.4, -0.2) is 5.91 Å².